The topological polar surface area (TPSA) is 29.3 Å². The van der Waals surface area contributed by atoms with Crippen molar-refractivity contribution in [2.75, 3.05) is 13.1 Å². The Hall–Kier alpha value is -1.61. The number of benzene rings is 1. The van der Waals surface area contributed by atoms with Crippen molar-refractivity contribution in [3.63, 3.8) is 0 Å². The van der Waals surface area contributed by atoms with Gasteiger partial charge < -0.3 is 4.52 Å². The minimum atomic E-state index is 0.666. The molecule has 3 nitrogen and oxygen atoms in total. The summed E-state index contributed by atoms with van der Waals surface area (Å²) in [4.78, 5) is 2.45. The highest BCUT2D eigenvalue weighted by Crippen LogP contribution is 2.27. The van der Waals surface area contributed by atoms with Crippen molar-refractivity contribution in [1.29, 1.82) is 0 Å². The molecule has 2 aromatic rings. The lowest BCUT2D eigenvalue weighted by atomic mass is 9.99. The molecule has 1 unspecified atom stereocenters. The lowest BCUT2D eigenvalue weighted by Crippen LogP contribution is -2.19. The molecule has 3 rings (SSSR count). The van der Waals surface area contributed by atoms with Gasteiger partial charge in [-0.3, -0.25) is 4.90 Å². The van der Waals surface area contributed by atoms with Crippen LogP contribution in [0, 0.1) is 6.92 Å². The molecular weight excluding hydrogens is 224 g/mol. The van der Waals surface area contributed by atoms with Gasteiger partial charge in [-0.15, -0.1) is 0 Å². The highest BCUT2D eigenvalue weighted by molar-refractivity contribution is 5.21. The Bertz CT molecular complexity index is 506. The number of hydrogen-bond acceptors (Lipinski definition) is 3. The lowest BCUT2D eigenvalue weighted by molar-refractivity contribution is 0.308. The molecule has 0 spiro atoms. The summed E-state index contributed by atoms with van der Waals surface area (Å²) in [5.74, 6) is 1.56. The summed E-state index contributed by atoms with van der Waals surface area (Å²) in [6.45, 7) is 5.11. The third-order valence-electron chi connectivity index (χ3n) is 3.61. The molecule has 0 aliphatic carbocycles. The fourth-order valence-corrected chi connectivity index (χ4v) is 2.70. The van der Waals surface area contributed by atoms with Crippen molar-refractivity contribution in [3.05, 3.63) is 53.4 Å². The molecule has 1 aliphatic rings. The van der Waals surface area contributed by atoms with E-state index < -0.39 is 0 Å². The van der Waals surface area contributed by atoms with Crippen LogP contribution in [0.5, 0.6) is 0 Å². The molecule has 94 valence electrons. The first kappa shape index (κ1) is 11.5. The van der Waals surface area contributed by atoms with Gasteiger partial charge in [-0.1, -0.05) is 35.5 Å². The Morgan fingerprint density at radius 1 is 1.33 bits per heavy atom. The van der Waals surface area contributed by atoms with Gasteiger partial charge in [-0.25, -0.2) is 0 Å². The SMILES string of the molecule is Cc1cc(CN2CCC(c3ccccc3)C2)no1. The standard InChI is InChI=1S/C15H18N2O/c1-12-9-15(16-18-12)11-17-8-7-14(10-17)13-5-3-2-4-6-13/h2-6,9,14H,7-8,10-11H2,1H3. The first-order chi connectivity index (χ1) is 8.81. The van der Waals surface area contributed by atoms with Crippen LogP contribution in [0.4, 0.5) is 0 Å². The number of nitrogens with zero attached hydrogens (tertiary/aromatic N) is 2. The third-order valence-corrected chi connectivity index (χ3v) is 3.61. The van der Waals surface area contributed by atoms with Gasteiger partial charge in [0.05, 0.1) is 5.69 Å². The van der Waals surface area contributed by atoms with Gasteiger partial charge in [0.15, 0.2) is 0 Å². The van der Waals surface area contributed by atoms with Crippen LogP contribution < -0.4 is 0 Å². The molecule has 1 saturated heterocycles. The van der Waals surface area contributed by atoms with Crippen molar-refractivity contribution in [3.8, 4) is 0 Å². The zero-order chi connectivity index (χ0) is 12.4. The van der Waals surface area contributed by atoms with Crippen LogP contribution in [-0.2, 0) is 6.54 Å². The zero-order valence-corrected chi connectivity index (χ0v) is 10.7. The predicted molar refractivity (Wildman–Crippen MR) is 70.3 cm³/mol. The van der Waals surface area contributed by atoms with Crippen LogP contribution in [0.15, 0.2) is 40.9 Å². The third kappa shape index (κ3) is 2.46. The molecule has 0 bridgehead atoms. The van der Waals surface area contributed by atoms with E-state index in [4.69, 9.17) is 4.52 Å². The maximum atomic E-state index is 5.11. The van der Waals surface area contributed by atoms with Crippen molar-refractivity contribution in [1.82, 2.24) is 10.1 Å². The summed E-state index contributed by atoms with van der Waals surface area (Å²) in [5.41, 5.74) is 2.50. The summed E-state index contributed by atoms with van der Waals surface area (Å²) in [6, 6.07) is 12.8. The van der Waals surface area contributed by atoms with Crippen molar-refractivity contribution in [2.45, 2.75) is 25.8 Å². The summed E-state index contributed by atoms with van der Waals surface area (Å²) >= 11 is 0. The Kier molecular flexibility index (Phi) is 3.15. The minimum Gasteiger partial charge on any atom is -0.361 e. The monoisotopic (exact) mass is 242 g/mol. The smallest absolute Gasteiger partial charge is 0.133 e. The Morgan fingerprint density at radius 2 is 2.17 bits per heavy atom. The highest BCUT2D eigenvalue weighted by Gasteiger charge is 2.24. The van der Waals surface area contributed by atoms with E-state index in [-0.39, 0.29) is 0 Å². The van der Waals surface area contributed by atoms with E-state index >= 15 is 0 Å². The van der Waals surface area contributed by atoms with Crippen molar-refractivity contribution < 1.29 is 4.52 Å². The van der Waals surface area contributed by atoms with Gasteiger partial charge in [0, 0.05) is 19.2 Å². The maximum Gasteiger partial charge on any atom is 0.133 e. The van der Waals surface area contributed by atoms with Gasteiger partial charge in [0.1, 0.15) is 5.76 Å². The predicted octanol–water partition coefficient (Wildman–Crippen LogP) is 2.97. The molecule has 1 aromatic carbocycles. The molecule has 1 atom stereocenters. The van der Waals surface area contributed by atoms with Crippen LogP contribution in [0.3, 0.4) is 0 Å². The zero-order valence-electron chi connectivity index (χ0n) is 10.7. The van der Waals surface area contributed by atoms with E-state index in [1.807, 2.05) is 13.0 Å². The molecule has 1 fully saturated rings. The van der Waals surface area contributed by atoms with Gasteiger partial charge >= 0.3 is 0 Å². The van der Waals surface area contributed by atoms with Crippen LogP contribution in [0.1, 0.15) is 29.4 Å². The lowest BCUT2D eigenvalue weighted by Gasteiger charge is -2.14. The molecule has 1 aromatic heterocycles. The van der Waals surface area contributed by atoms with Crippen LogP contribution in [-0.4, -0.2) is 23.1 Å². The maximum absolute atomic E-state index is 5.11. The van der Waals surface area contributed by atoms with E-state index in [1.54, 1.807) is 0 Å². The van der Waals surface area contributed by atoms with Gasteiger partial charge in [0.25, 0.3) is 0 Å². The second-order valence-electron chi connectivity index (χ2n) is 5.06. The molecule has 2 heterocycles. The summed E-state index contributed by atoms with van der Waals surface area (Å²) in [7, 11) is 0. The number of aromatic nitrogens is 1. The quantitative estimate of drug-likeness (QED) is 0.828. The van der Waals surface area contributed by atoms with Gasteiger partial charge in [0.2, 0.25) is 0 Å². The van der Waals surface area contributed by atoms with E-state index in [0.29, 0.717) is 5.92 Å². The molecule has 0 N–H and O–H groups in total. The van der Waals surface area contributed by atoms with Crippen molar-refractivity contribution >= 4 is 0 Å². The Morgan fingerprint density at radius 3 is 2.89 bits per heavy atom. The average molecular weight is 242 g/mol. The average Bonchev–Trinajstić information content (AvgIpc) is 3.01. The molecule has 0 amide bonds. The molecule has 1 aliphatic heterocycles. The van der Waals surface area contributed by atoms with Crippen molar-refractivity contribution in [2.24, 2.45) is 0 Å². The summed E-state index contributed by atoms with van der Waals surface area (Å²) in [5, 5.41) is 4.06. The van der Waals surface area contributed by atoms with Crippen LogP contribution >= 0.6 is 0 Å². The fraction of sp³-hybridized carbons (Fsp3) is 0.400. The minimum absolute atomic E-state index is 0.666. The van der Waals surface area contributed by atoms with E-state index in [2.05, 4.69) is 40.4 Å². The number of rotatable bonds is 3. The first-order valence-electron chi connectivity index (χ1n) is 6.51. The molecule has 0 radical (unpaired) electrons. The molecular formula is C15H18N2O. The fourth-order valence-electron chi connectivity index (χ4n) is 2.70. The normalized spacial score (nSPS) is 20.4. The van der Waals surface area contributed by atoms with E-state index in [9.17, 15) is 0 Å². The van der Waals surface area contributed by atoms with E-state index in [1.165, 1.54) is 12.0 Å². The molecule has 0 saturated carbocycles. The largest absolute Gasteiger partial charge is 0.361 e. The second-order valence-corrected chi connectivity index (χ2v) is 5.06. The van der Waals surface area contributed by atoms with Gasteiger partial charge in [-0.2, -0.15) is 0 Å². The van der Waals surface area contributed by atoms with Crippen LogP contribution in [0.2, 0.25) is 0 Å². The van der Waals surface area contributed by atoms with Crippen LogP contribution in [0.25, 0.3) is 0 Å². The number of aryl methyl sites for hydroxylation is 1. The summed E-state index contributed by atoms with van der Waals surface area (Å²) in [6.07, 6.45) is 1.24. The highest BCUT2D eigenvalue weighted by atomic mass is 16.5. The van der Waals surface area contributed by atoms with E-state index in [0.717, 1.165) is 31.1 Å². The number of hydrogen-bond donors (Lipinski definition) is 0. The first-order valence-corrected chi connectivity index (χ1v) is 6.51. The summed E-state index contributed by atoms with van der Waals surface area (Å²) < 4.78 is 5.11. The Labute approximate surface area is 107 Å². The molecule has 3 heteroatoms. The number of likely N-dealkylation sites (tertiary alicyclic amines) is 1. The molecule has 18 heavy (non-hydrogen) atoms. The van der Waals surface area contributed by atoms with Gasteiger partial charge in [-0.05, 0) is 31.4 Å². The second kappa shape index (κ2) is 4.94. The Balaban J connectivity index is 1.62.